The van der Waals surface area contributed by atoms with E-state index in [0.29, 0.717) is 0 Å². The van der Waals surface area contributed by atoms with Crippen LogP contribution in [0.2, 0.25) is 0 Å². The van der Waals surface area contributed by atoms with Crippen LogP contribution in [0.4, 0.5) is 5.69 Å². The molecule has 6 heteroatoms. The van der Waals surface area contributed by atoms with Crippen molar-refractivity contribution in [2.24, 2.45) is 5.73 Å². The molecular formula is C22H22N6. The molecule has 1 aliphatic heterocycles. The highest BCUT2D eigenvalue weighted by molar-refractivity contribution is 5.88. The van der Waals surface area contributed by atoms with Crippen LogP contribution in [-0.4, -0.2) is 39.1 Å². The molecule has 1 atom stereocenters. The normalized spacial score (nSPS) is 16.8. The molecule has 1 saturated heterocycles. The first-order valence-electron chi connectivity index (χ1n) is 9.55. The summed E-state index contributed by atoms with van der Waals surface area (Å²) in [6.07, 6.45) is 4.69. The molecule has 0 amide bonds. The number of nitrogens with two attached hydrogens (primary N) is 1. The van der Waals surface area contributed by atoms with Gasteiger partial charge in [0.25, 0.3) is 0 Å². The van der Waals surface area contributed by atoms with Gasteiger partial charge in [0, 0.05) is 35.8 Å². The van der Waals surface area contributed by atoms with E-state index in [1.807, 2.05) is 37.4 Å². The maximum Gasteiger partial charge on any atom is 0.0977 e. The summed E-state index contributed by atoms with van der Waals surface area (Å²) in [6, 6.07) is 14.7. The number of hydrogen-bond acceptors (Lipinski definition) is 5. The van der Waals surface area contributed by atoms with E-state index in [2.05, 4.69) is 43.0 Å². The number of H-pyrrole nitrogens is 1. The number of imidazole rings is 1. The lowest BCUT2D eigenvalue weighted by Gasteiger charge is -2.18. The lowest BCUT2D eigenvalue weighted by molar-refractivity contribution is 0.752. The molecular weight excluding hydrogens is 348 g/mol. The number of aromatic nitrogens is 4. The average Bonchev–Trinajstić information content (AvgIpc) is 3.36. The Hall–Kier alpha value is -3.25. The van der Waals surface area contributed by atoms with Crippen LogP contribution in [0.1, 0.15) is 12.1 Å². The van der Waals surface area contributed by atoms with Crippen molar-refractivity contribution in [2.45, 2.75) is 19.4 Å². The first kappa shape index (κ1) is 16.9. The fourth-order valence-electron chi connectivity index (χ4n) is 3.85. The van der Waals surface area contributed by atoms with Crippen LogP contribution in [0.5, 0.6) is 0 Å². The second-order valence-electron chi connectivity index (χ2n) is 7.39. The molecule has 0 aliphatic carbocycles. The number of hydrogen-bond donors (Lipinski definition) is 2. The zero-order chi connectivity index (χ0) is 19.1. The molecule has 0 saturated carbocycles. The molecule has 6 nitrogen and oxygen atoms in total. The second-order valence-corrected chi connectivity index (χ2v) is 7.39. The molecule has 4 heterocycles. The van der Waals surface area contributed by atoms with Crippen molar-refractivity contribution in [3.63, 3.8) is 0 Å². The molecule has 0 radical (unpaired) electrons. The summed E-state index contributed by atoms with van der Waals surface area (Å²) in [4.78, 5) is 19.4. The predicted octanol–water partition coefficient (Wildman–Crippen LogP) is 3.53. The van der Waals surface area contributed by atoms with E-state index < -0.39 is 0 Å². The van der Waals surface area contributed by atoms with Crippen LogP contribution in [0, 0.1) is 6.92 Å². The summed E-state index contributed by atoms with van der Waals surface area (Å²) in [5.41, 5.74) is 12.9. The van der Waals surface area contributed by atoms with Crippen molar-refractivity contribution in [2.75, 3.05) is 18.0 Å². The quantitative estimate of drug-likeness (QED) is 0.576. The van der Waals surface area contributed by atoms with E-state index in [9.17, 15) is 0 Å². The number of rotatable bonds is 3. The Morgan fingerprint density at radius 3 is 2.89 bits per heavy atom. The third-order valence-electron chi connectivity index (χ3n) is 5.31. The molecule has 5 rings (SSSR count). The summed E-state index contributed by atoms with van der Waals surface area (Å²) in [5.74, 6) is 0. The maximum atomic E-state index is 6.07. The number of aromatic amines is 1. The molecule has 28 heavy (non-hydrogen) atoms. The van der Waals surface area contributed by atoms with Crippen molar-refractivity contribution >= 4 is 16.6 Å². The number of benzene rings is 1. The van der Waals surface area contributed by atoms with E-state index in [0.717, 1.165) is 64.4 Å². The minimum atomic E-state index is 0.246. The van der Waals surface area contributed by atoms with Gasteiger partial charge < -0.3 is 15.6 Å². The van der Waals surface area contributed by atoms with Gasteiger partial charge in [0.05, 0.1) is 40.8 Å². The number of nitrogens with zero attached hydrogens (tertiary/aromatic N) is 4. The van der Waals surface area contributed by atoms with E-state index in [1.54, 1.807) is 6.33 Å². The fraction of sp³-hybridized carbons (Fsp3) is 0.227. The van der Waals surface area contributed by atoms with E-state index in [-0.39, 0.29) is 6.04 Å². The Bertz CT molecular complexity index is 1150. The van der Waals surface area contributed by atoms with Gasteiger partial charge in [-0.15, -0.1) is 0 Å². The van der Waals surface area contributed by atoms with Gasteiger partial charge >= 0.3 is 0 Å². The van der Waals surface area contributed by atoms with Gasteiger partial charge in [0.1, 0.15) is 0 Å². The zero-order valence-corrected chi connectivity index (χ0v) is 15.8. The summed E-state index contributed by atoms with van der Waals surface area (Å²) in [5, 5.41) is 1.10. The van der Waals surface area contributed by atoms with Gasteiger partial charge in [-0.1, -0.05) is 12.1 Å². The SMILES string of the molecule is Cc1cccc(-c2[nH]cnc2-c2ccc3ncc(N4CC[C@H](N)C4)cc3c2)n1. The molecule has 0 bridgehead atoms. The average molecular weight is 370 g/mol. The first-order chi connectivity index (χ1) is 13.7. The third-order valence-corrected chi connectivity index (χ3v) is 5.31. The maximum absolute atomic E-state index is 6.07. The first-order valence-corrected chi connectivity index (χ1v) is 9.55. The van der Waals surface area contributed by atoms with Crippen molar-refractivity contribution < 1.29 is 0 Å². The predicted molar refractivity (Wildman–Crippen MR) is 112 cm³/mol. The van der Waals surface area contributed by atoms with Crippen LogP contribution >= 0.6 is 0 Å². The standard InChI is InChI=1S/C22H22N6/c1-14-3-2-4-20(27-14)22-21(25-13-26-22)15-5-6-19-16(9-15)10-18(11-24-19)28-8-7-17(23)12-28/h2-6,9-11,13,17H,7-8,12,23H2,1H3,(H,25,26)/t17-/m0/s1. The summed E-state index contributed by atoms with van der Waals surface area (Å²) < 4.78 is 0. The highest BCUT2D eigenvalue weighted by Crippen LogP contribution is 2.31. The Morgan fingerprint density at radius 2 is 2.07 bits per heavy atom. The van der Waals surface area contributed by atoms with Crippen molar-refractivity contribution in [3.05, 3.63) is 60.7 Å². The zero-order valence-electron chi connectivity index (χ0n) is 15.8. The van der Waals surface area contributed by atoms with Crippen molar-refractivity contribution in [1.29, 1.82) is 0 Å². The lowest BCUT2D eigenvalue weighted by Crippen LogP contribution is -2.26. The lowest BCUT2D eigenvalue weighted by atomic mass is 10.0. The van der Waals surface area contributed by atoms with E-state index >= 15 is 0 Å². The van der Waals surface area contributed by atoms with Crippen LogP contribution in [-0.2, 0) is 0 Å². The monoisotopic (exact) mass is 370 g/mol. The molecule has 0 spiro atoms. The molecule has 1 aromatic carbocycles. The number of anilines is 1. The third kappa shape index (κ3) is 3.01. The topological polar surface area (TPSA) is 83.7 Å². The van der Waals surface area contributed by atoms with E-state index in [4.69, 9.17) is 5.73 Å². The number of pyridine rings is 2. The molecule has 0 unspecified atom stereocenters. The largest absolute Gasteiger partial charge is 0.369 e. The number of aryl methyl sites for hydroxylation is 1. The minimum absolute atomic E-state index is 0.246. The molecule has 4 aromatic rings. The van der Waals surface area contributed by atoms with Crippen molar-refractivity contribution in [1.82, 2.24) is 19.9 Å². The van der Waals surface area contributed by atoms with Crippen molar-refractivity contribution in [3.8, 4) is 22.6 Å². The summed E-state index contributed by atoms with van der Waals surface area (Å²) >= 11 is 0. The molecule has 1 aliphatic rings. The highest BCUT2D eigenvalue weighted by Gasteiger charge is 2.20. The summed E-state index contributed by atoms with van der Waals surface area (Å²) in [6.45, 7) is 3.86. The van der Waals surface area contributed by atoms with Crippen LogP contribution in [0.3, 0.4) is 0 Å². The highest BCUT2D eigenvalue weighted by atomic mass is 15.2. The van der Waals surface area contributed by atoms with Gasteiger partial charge in [-0.05, 0) is 43.7 Å². The van der Waals surface area contributed by atoms with Gasteiger partial charge in [0.15, 0.2) is 0 Å². The van der Waals surface area contributed by atoms with E-state index in [1.165, 1.54) is 0 Å². The second kappa shape index (κ2) is 6.73. The Balaban J connectivity index is 1.56. The van der Waals surface area contributed by atoms with Gasteiger partial charge in [-0.2, -0.15) is 0 Å². The Morgan fingerprint density at radius 1 is 1.14 bits per heavy atom. The Kier molecular flexibility index (Phi) is 4.06. The Labute approximate surface area is 163 Å². The van der Waals surface area contributed by atoms with Crippen LogP contribution < -0.4 is 10.6 Å². The minimum Gasteiger partial charge on any atom is -0.369 e. The number of nitrogens with one attached hydrogen (secondary N) is 1. The van der Waals surface area contributed by atoms with Gasteiger partial charge in [-0.25, -0.2) is 4.98 Å². The summed E-state index contributed by atoms with van der Waals surface area (Å²) in [7, 11) is 0. The van der Waals surface area contributed by atoms with Crippen LogP contribution in [0.25, 0.3) is 33.5 Å². The smallest absolute Gasteiger partial charge is 0.0977 e. The molecule has 3 N–H and O–H groups in total. The molecule has 1 fully saturated rings. The molecule has 3 aromatic heterocycles. The number of fused-ring (bicyclic) bond motifs is 1. The van der Waals surface area contributed by atoms with Crippen LogP contribution in [0.15, 0.2) is 55.0 Å². The fourth-order valence-corrected chi connectivity index (χ4v) is 3.85. The van der Waals surface area contributed by atoms with Gasteiger partial charge in [0.2, 0.25) is 0 Å². The molecule has 140 valence electrons. The van der Waals surface area contributed by atoms with Gasteiger partial charge in [-0.3, -0.25) is 9.97 Å².